The summed E-state index contributed by atoms with van der Waals surface area (Å²) in [5, 5.41) is 5.93. The third kappa shape index (κ3) is 4.87. The molecule has 0 spiro atoms. The van der Waals surface area contributed by atoms with Crippen LogP contribution in [0.5, 0.6) is 5.75 Å². The van der Waals surface area contributed by atoms with Crippen LogP contribution in [-0.4, -0.2) is 33.3 Å². The molecular weight excluding hydrogens is 392 g/mol. The van der Waals surface area contributed by atoms with Gasteiger partial charge >= 0.3 is 0 Å². The smallest absolute Gasteiger partial charge is 0.272 e. The van der Waals surface area contributed by atoms with E-state index in [4.69, 9.17) is 4.74 Å². The van der Waals surface area contributed by atoms with Crippen molar-refractivity contribution in [2.45, 2.75) is 58.1 Å². The lowest BCUT2D eigenvalue weighted by molar-refractivity contribution is -0.122. The molecule has 2 N–H and O–H groups in total. The Morgan fingerprint density at radius 1 is 1.10 bits per heavy atom. The van der Waals surface area contributed by atoms with E-state index in [9.17, 15) is 9.59 Å². The van der Waals surface area contributed by atoms with E-state index >= 15 is 0 Å². The van der Waals surface area contributed by atoms with Crippen molar-refractivity contribution in [2.24, 2.45) is 0 Å². The fraction of sp³-hybridized carbons (Fsp3) is 0.375. The number of anilines is 1. The zero-order chi connectivity index (χ0) is 21.8. The van der Waals surface area contributed by atoms with Crippen LogP contribution in [0.4, 0.5) is 5.82 Å². The Hall–Kier alpha value is -3.35. The highest BCUT2D eigenvalue weighted by molar-refractivity contribution is 6.03. The van der Waals surface area contributed by atoms with Crippen LogP contribution in [0, 0.1) is 6.92 Å². The van der Waals surface area contributed by atoms with Crippen LogP contribution in [0.3, 0.4) is 0 Å². The number of para-hydroxylation sites is 1. The lowest BCUT2D eigenvalue weighted by Crippen LogP contribution is -2.37. The Labute approximate surface area is 181 Å². The SMILES string of the molecule is Cc1ccc2nc(NC(=O)C(C)Oc3ccccc3)c(C(=O)NC3CCCCC3)n2c1. The third-order valence-corrected chi connectivity index (χ3v) is 5.59. The zero-order valence-corrected chi connectivity index (χ0v) is 17.9. The summed E-state index contributed by atoms with van der Waals surface area (Å²) in [6.07, 6.45) is 6.52. The maximum absolute atomic E-state index is 13.2. The van der Waals surface area contributed by atoms with Gasteiger partial charge in [-0.15, -0.1) is 0 Å². The third-order valence-electron chi connectivity index (χ3n) is 5.59. The van der Waals surface area contributed by atoms with Crippen molar-refractivity contribution in [1.29, 1.82) is 0 Å². The van der Waals surface area contributed by atoms with Crippen molar-refractivity contribution in [3.8, 4) is 5.75 Å². The molecule has 1 unspecified atom stereocenters. The Kier molecular flexibility index (Phi) is 6.21. The number of imidazole rings is 1. The van der Waals surface area contributed by atoms with Crippen LogP contribution >= 0.6 is 0 Å². The molecule has 7 heteroatoms. The van der Waals surface area contributed by atoms with Crippen molar-refractivity contribution in [3.05, 3.63) is 59.9 Å². The van der Waals surface area contributed by atoms with Crippen LogP contribution in [-0.2, 0) is 4.79 Å². The molecule has 0 saturated heterocycles. The zero-order valence-electron chi connectivity index (χ0n) is 17.9. The fourth-order valence-electron chi connectivity index (χ4n) is 3.93. The predicted molar refractivity (Wildman–Crippen MR) is 119 cm³/mol. The number of amides is 2. The monoisotopic (exact) mass is 420 g/mol. The first kappa shape index (κ1) is 20.9. The molecule has 0 aliphatic heterocycles. The summed E-state index contributed by atoms with van der Waals surface area (Å²) in [5.74, 6) is 0.256. The summed E-state index contributed by atoms with van der Waals surface area (Å²) in [6.45, 7) is 3.63. The molecule has 2 heterocycles. The molecular formula is C24H28N4O3. The summed E-state index contributed by atoms with van der Waals surface area (Å²) < 4.78 is 7.46. The van der Waals surface area contributed by atoms with Crippen LogP contribution < -0.4 is 15.4 Å². The van der Waals surface area contributed by atoms with Crippen LogP contribution in [0.25, 0.3) is 5.65 Å². The Morgan fingerprint density at radius 2 is 1.84 bits per heavy atom. The van der Waals surface area contributed by atoms with E-state index in [1.54, 1.807) is 23.5 Å². The predicted octanol–water partition coefficient (Wildman–Crippen LogP) is 4.11. The van der Waals surface area contributed by atoms with Crippen LogP contribution in [0.2, 0.25) is 0 Å². The van der Waals surface area contributed by atoms with Crippen molar-refractivity contribution in [2.75, 3.05) is 5.32 Å². The Bertz CT molecular complexity index is 1070. The van der Waals surface area contributed by atoms with Gasteiger partial charge in [-0.3, -0.25) is 14.0 Å². The Balaban J connectivity index is 1.58. The summed E-state index contributed by atoms with van der Waals surface area (Å²) in [5.41, 5.74) is 1.94. The maximum atomic E-state index is 13.2. The number of pyridine rings is 1. The summed E-state index contributed by atoms with van der Waals surface area (Å²) in [4.78, 5) is 30.5. The van der Waals surface area contributed by atoms with Gasteiger partial charge < -0.3 is 15.4 Å². The fourth-order valence-corrected chi connectivity index (χ4v) is 3.93. The molecule has 1 atom stereocenters. The van der Waals surface area contributed by atoms with Gasteiger partial charge in [0.1, 0.15) is 11.4 Å². The van der Waals surface area contributed by atoms with Crippen LogP contribution in [0.1, 0.15) is 55.1 Å². The number of rotatable bonds is 6. The minimum absolute atomic E-state index is 0.153. The molecule has 1 fully saturated rings. The van der Waals surface area contributed by atoms with E-state index in [1.165, 1.54) is 6.42 Å². The number of aryl methyl sites for hydroxylation is 1. The molecule has 2 amide bonds. The average Bonchev–Trinajstić information content (AvgIpc) is 3.12. The van der Waals surface area contributed by atoms with Crippen LogP contribution in [0.15, 0.2) is 48.7 Å². The quantitative estimate of drug-likeness (QED) is 0.628. The van der Waals surface area contributed by atoms with E-state index in [2.05, 4.69) is 15.6 Å². The maximum Gasteiger partial charge on any atom is 0.272 e. The van der Waals surface area contributed by atoms with Crippen molar-refractivity contribution in [1.82, 2.24) is 14.7 Å². The number of benzene rings is 1. The van der Waals surface area contributed by atoms with Crippen molar-refractivity contribution < 1.29 is 14.3 Å². The minimum atomic E-state index is -0.747. The minimum Gasteiger partial charge on any atom is -0.481 e. The molecule has 4 rings (SSSR count). The highest BCUT2D eigenvalue weighted by atomic mass is 16.5. The van der Waals surface area contributed by atoms with E-state index in [0.717, 1.165) is 31.2 Å². The number of hydrogen-bond acceptors (Lipinski definition) is 4. The molecule has 1 aromatic carbocycles. The van der Waals surface area contributed by atoms with E-state index in [-0.39, 0.29) is 23.7 Å². The lowest BCUT2D eigenvalue weighted by atomic mass is 9.95. The van der Waals surface area contributed by atoms with Gasteiger partial charge in [-0.25, -0.2) is 4.98 Å². The number of ether oxygens (including phenoxy) is 1. The van der Waals surface area contributed by atoms with Gasteiger partial charge in [0, 0.05) is 12.2 Å². The molecule has 1 aliphatic rings. The van der Waals surface area contributed by atoms with Gasteiger partial charge in [-0.2, -0.15) is 0 Å². The Morgan fingerprint density at radius 3 is 2.58 bits per heavy atom. The molecule has 2 aromatic heterocycles. The molecule has 162 valence electrons. The standard InChI is InChI=1S/C24H28N4O3/c1-16-13-14-20-26-22(27-23(29)17(2)31-19-11-7-4-8-12-19)21(28(20)15-16)24(30)25-18-9-5-3-6-10-18/h4,7-8,11-15,17-18H,3,5-6,9-10H2,1-2H3,(H,25,30)(H,27,29). The molecule has 7 nitrogen and oxygen atoms in total. The van der Waals surface area contributed by atoms with Crippen molar-refractivity contribution in [3.63, 3.8) is 0 Å². The largest absolute Gasteiger partial charge is 0.481 e. The number of nitrogens with zero attached hydrogens (tertiary/aromatic N) is 2. The summed E-state index contributed by atoms with van der Waals surface area (Å²) >= 11 is 0. The number of carbonyl (C=O) groups is 2. The number of nitrogens with one attached hydrogen (secondary N) is 2. The number of hydrogen-bond donors (Lipinski definition) is 2. The molecule has 0 bridgehead atoms. The first-order valence-corrected chi connectivity index (χ1v) is 10.8. The second kappa shape index (κ2) is 9.20. The second-order valence-electron chi connectivity index (χ2n) is 8.11. The lowest BCUT2D eigenvalue weighted by Gasteiger charge is -2.23. The van der Waals surface area contributed by atoms with Gasteiger partial charge in [-0.1, -0.05) is 43.5 Å². The molecule has 1 saturated carbocycles. The number of aromatic nitrogens is 2. The van der Waals surface area contributed by atoms with E-state index < -0.39 is 6.10 Å². The van der Waals surface area contributed by atoms with E-state index in [1.807, 2.05) is 43.5 Å². The van der Waals surface area contributed by atoms with Gasteiger partial charge in [0.2, 0.25) is 0 Å². The van der Waals surface area contributed by atoms with Crippen molar-refractivity contribution >= 4 is 23.3 Å². The average molecular weight is 421 g/mol. The highest BCUT2D eigenvalue weighted by Crippen LogP contribution is 2.22. The van der Waals surface area contributed by atoms with Gasteiger partial charge in [0.15, 0.2) is 17.6 Å². The summed E-state index contributed by atoms with van der Waals surface area (Å²) in [7, 11) is 0. The normalized spacial score (nSPS) is 15.4. The van der Waals surface area contributed by atoms with E-state index in [0.29, 0.717) is 17.1 Å². The highest BCUT2D eigenvalue weighted by Gasteiger charge is 2.26. The molecule has 0 radical (unpaired) electrons. The topological polar surface area (TPSA) is 84.7 Å². The van der Waals surface area contributed by atoms with Gasteiger partial charge in [0.25, 0.3) is 11.8 Å². The summed E-state index contributed by atoms with van der Waals surface area (Å²) in [6, 6.07) is 13.1. The second-order valence-corrected chi connectivity index (χ2v) is 8.11. The van der Waals surface area contributed by atoms with Gasteiger partial charge in [0.05, 0.1) is 0 Å². The first-order chi connectivity index (χ1) is 15.0. The molecule has 1 aliphatic carbocycles. The molecule has 31 heavy (non-hydrogen) atoms. The molecule has 3 aromatic rings. The number of carbonyl (C=O) groups excluding carboxylic acids is 2. The first-order valence-electron chi connectivity index (χ1n) is 10.8. The van der Waals surface area contributed by atoms with Gasteiger partial charge in [-0.05, 0) is 50.5 Å². The number of fused-ring (bicyclic) bond motifs is 1.